The molecule has 0 fully saturated rings. The van der Waals surface area contributed by atoms with Crippen LogP contribution >= 0.6 is 0 Å². The summed E-state index contributed by atoms with van der Waals surface area (Å²) in [5.41, 5.74) is 2.85. The van der Waals surface area contributed by atoms with Crippen molar-refractivity contribution in [3.05, 3.63) is 59.4 Å². The van der Waals surface area contributed by atoms with E-state index in [1.54, 1.807) is 6.07 Å². The average Bonchev–Trinajstić information content (AvgIpc) is 2.39. The molecule has 0 unspecified atom stereocenters. The first kappa shape index (κ1) is 13.1. The SMILES string of the molecule is Cc1cc(NCCc2ccccc2)c(C(=O)O)cn1. The third-order valence-corrected chi connectivity index (χ3v) is 2.84. The van der Waals surface area contributed by atoms with Crippen LogP contribution < -0.4 is 5.32 Å². The molecule has 98 valence electrons. The van der Waals surface area contributed by atoms with Crippen molar-refractivity contribution in [1.82, 2.24) is 4.98 Å². The second-order valence-electron chi connectivity index (χ2n) is 4.34. The van der Waals surface area contributed by atoms with Gasteiger partial charge in [-0.05, 0) is 25.0 Å². The second kappa shape index (κ2) is 6.00. The van der Waals surface area contributed by atoms with Crippen molar-refractivity contribution in [3.8, 4) is 0 Å². The Bertz CT molecular complexity index is 568. The fourth-order valence-electron chi connectivity index (χ4n) is 1.86. The summed E-state index contributed by atoms with van der Waals surface area (Å²) in [6.45, 7) is 2.53. The highest BCUT2D eigenvalue weighted by molar-refractivity contribution is 5.93. The molecule has 0 saturated heterocycles. The summed E-state index contributed by atoms with van der Waals surface area (Å²) in [7, 11) is 0. The van der Waals surface area contributed by atoms with Crippen molar-refractivity contribution < 1.29 is 9.90 Å². The molecule has 0 bridgehead atoms. The van der Waals surface area contributed by atoms with Gasteiger partial charge in [-0.15, -0.1) is 0 Å². The van der Waals surface area contributed by atoms with Crippen molar-refractivity contribution in [2.24, 2.45) is 0 Å². The van der Waals surface area contributed by atoms with Crippen LogP contribution in [0.15, 0.2) is 42.6 Å². The Morgan fingerprint density at radius 1 is 1.32 bits per heavy atom. The van der Waals surface area contributed by atoms with E-state index < -0.39 is 5.97 Å². The first-order valence-corrected chi connectivity index (χ1v) is 6.14. The topological polar surface area (TPSA) is 62.2 Å². The number of hydrogen-bond donors (Lipinski definition) is 2. The number of rotatable bonds is 5. The van der Waals surface area contributed by atoms with E-state index >= 15 is 0 Å². The Morgan fingerprint density at radius 3 is 2.74 bits per heavy atom. The lowest BCUT2D eigenvalue weighted by molar-refractivity contribution is 0.0697. The zero-order valence-corrected chi connectivity index (χ0v) is 10.8. The van der Waals surface area contributed by atoms with Crippen LogP contribution in [-0.4, -0.2) is 22.6 Å². The van der Waals surface area contributed by atoms with Gasteiger partial charge in [0, 0.05) is 18.4 Å². The number of benzene rings is 1. The Morgan fingerprint density at radius 2 is 2.05 bits per heavy atom. The number of aromatic carboxylic acids is 1. The van der Waals surface area contributed by atoms with Crippen LogP contribution in [0.2, 0.25) is 0 Å². The minimum Gasteiger partial charge on any atom is -0.478 e. The maximum Gasteiger partial charge on any atom is 0.339 e. The predicted octanol–water partition coefficient (Wildman–Crippen LogP) is 2.74. The van der Waals surface area contributed by atoms with E-state index in [2.05, 4.69) is 22.4 Å². The Kier molecular flexibility index (Phi) is 4.13. The number of aryl methyl sites for hydroxylation is 1. The molecule has 0 atom stereocenters. The van der Waals surface area contributed by atoms with Crippen molar-refractivity contribution in [1.29, 1.82) is 0 Å². The first-order chi connectivity index (χ1) is 9.16. The highest BCUT2D eigenvalue weighted by atomic mass is 16.4. The van der Waals surface area contributed by atoms with Crippen molar-refractivity contribution in [2.45, 2.75) is 13.3 Å². The van der Waals surface area contributed by atoms with Crippen LogP contribution in [-0.2, 0) is 6.42 Å². The molecule has 0 spiro atoms. The van der Waals surface area contributed by atoms with Gasteiger partial charge in [0.1, 0.15) is 5.56 Å². The largest absolute Gasteiger partial charge is 0.478 e. The van der Waals surface area contributed by atoms with Gasteiger partial charge in [-0.25, -0.2) is 4.79 Å². The van der Waals surface area contributed by atoms with E-state index in [0.29, 0.717) is 12.2 Å². The van der Waals surface area contributed by atoms with Crippen LogP contribution in [0.25, 0.3) is 0 Å². The zero-order chi connectivity index (χ0) is 13.7. The molecule has 1 aromatic carbocycles. The molecule has 4 nitrogen and oxygen atoms in total. The number of carbonyl (C=O) groups is 1. The van der Waals surface area contributed by atoms with Gasteiger partial charge in [-0.3, -0.25) is 4.98 Å². The molecule has 19 heavy (non-hydrogen) atoms. The highest BCUT2D eigenvalue weighted by Gasteiger charge is 2.10. The smallest absolute Gasteiger partial charge is 0.339 e. The van der Waals surface area contributed by atoms with Gasteiger partial charge in [0.05, 0.1) is 5.69 Å². The first-order valence-electron chi connectivity index (χ1n) is 6.14. The molecule has 0 saturated carbocycles. The maximum absolute atomic E-state index is 11.1. The predicted molar refractivity (Wildman–Crippen MR) is 74.6 cm³/mol. The maximum atomic E-state index is 11.1. The van der Waals surface area contributed by atoms with Gasteiger partial charge in [0.2, 0.25) is 0 Å². The van der Waals surface area contributed by atoms with Crippen LogP contribution in [0.3, 0.4) is 0 Å². The van der Waals surface area contributed by atoms with E-state index in [-0.39, 0.29) is 5.56 Å². The third-order valence-electron chi connectivity index (χ3n) is 2.84. The molecular weight excluding hydrogens is 240 g/mol. The van der Waals surface area contributed by atoms with Crippen LogP contribution in [0.1, 0.15) is 21.6 Å². The summed E-state index contributed by atoms with van der Waals surface area (Å²) in [6, 6.07) is 11.8. The standard InChI is InChI=1S/C15H16N2O2/c1-11-9-14(13(10-17-11)15(18)19)16-8-7-12-5-3-2-4-6-12/h2-6,9-10H,7-8H2,1H3,(H,16,17)(H,18,19). The molecule has 2 aromatic rings. The van der Waals surface area contributed by atoms with Crippen molar-refractivity contribution >= 4 is 11.7 Å². The Labute approximate surface area is 112 Å². The fraction of sp³-hybridized carbons (Fsp3) is 0.200. The summed E-state index contributed by atoms with van der Waals surface area (Å²) in [4.78, 5) is 15.1. The average molecular weight is 256 g/mol. The Hall–Kier alpha value is -2.36. The molecule has 0 aliphatic rings. The normalized spacial score (nSPS) is 10.2. The second-order valence-corrected chi connectivity index (χ2v) is 4.34. The minimum atomic E-state index is -0.963. The molecule has 0 aliphatic heterocycles. The molecule has 0 radical (unpaired) electrons. The summed E-state index contributed by atoms with van der Waals surface area (Å²) in [5, 5.41) is 12.3. The molecule has 0 aliphatic carbocycles. The van der Waals surface area contributed by atoms with E-state index in [4.69, 9.17) is 5.11 Å². The fourth-order valence-corrected chi connectivity index (χ4v) is 1.86. The molecule has 1 aromatic heterocycles. The van der Waals surface area contributed by atoms with E-state index in [1.165, 1.54) is 11.8 Å². The van der Waals surface area contributed by atoms with Crippen molar-refractivity contribution in [2.75, 3.05) is 11.9 Å². The van der Waals surface area contributed by atoms with Gasteiger partial charge >= 0.3 is 5.97 Å². The summed E-state index contributed by atoms with van der Waals surface area (Å²) in [6.07, 6.45) is 2.24. The monoisotopic (exact) mass is 256 g/mol. The number of carboxylic acid groups (broad SMARTS) is 1. The molecular formula is C15H16N2O2. The Balaban J connectivity index is 2.03. The minimum absolute atomic E-state index is 0.207. The highest BCUT2D eigenvalue weighted by Crippen LogP contribution is 2.15. The number of pyridine rings is 1. The van der Waals surface area contributed by atoms with Gasteiger partial charge in [-0.1, -0.05) is 30.3 Å². The molecule has 0 amide bonds. The lowest BCUT2D eigenvalue weighted by Crippen LogP contribution is -2.10. The van der Waals surface area contributed by atoms with Crippen LogP contribution in [0.5, 0.6) is 0 Å². The molecule has 1 heterocycles. The van der Waals surface area contributed by atoms with Gasteiger partial charge in [0.15, 0.2) is 0 Å². The number of hydrogen-bond acceptors (Lipinski definition) is 3. The van der Waals surface area contributed by atoms with Gasteiger partial charge in [0.25, 0.3) is 0 Å². The number of carboxylic acids is 1. The number of anilines is 1. The van der Waals surface area contributed by atoms with Gasteiger partial charge < -0.3 is 10.4 Å². The van der Waals surface area contributed by atoms with E-state index in [0.717, 1.165) is 12.1 Å². The van der Waals surface area contributed by atoms with E-state index in [1.807, 2.05) is 25.1 Å². The summed E-state index contributed by atoms with van der Waals surface area (Å²) >= 11 is 0. The number of nitrogens with one attached hydrogen (secondary N) is 1. The van der Waals surface area contributed by atoms with E-state index in [9.17, 15) is 4.79 Å². The van der Waals surface area contributed by atoms with Gasteiger partial charge in [-0.2, -0.15) is 0 Å². The molecule has 4 heteroatoms. The van der Waals surface area contributed by atoms with Crippen molar-refractivity contribution in [3.63, 3.8) is 0 Å². The summed E-state index contributed by atoms with van der Waals surface area (Å²) < 4.78 is 0. The molecule has 2 N–H and O–H groups in total. The lowest BCUT2D eigenvalue weighted by atomic mass is 10.1. The number of nitrogens with zero attached hydrogens (tertiary/aromatic N) is 1. The quantitative estimate of drug-likeness (QED) is 0.863. The van der Waals surface area contributed by atoms with Crippen LogP contribution in [0, 0.1) is 6.92 Å². The summed E-state index contributed by atoms with van der Waals surface area (Å²) in [5.74, 6) is -0.963. The third kappa shape index (κ3) is 3.55. The number of aromatic nitrogens is 1. The van der Waals surface area contributed by atoms with Crippen LogP contribution in [0.4, 0.5) is 5.69 Å². The molecule has 2 rings (SSSR count). The lowest BCUT2D eigenvalue weighted by Gasteiger charge is -2.10. The zero-order valence-electron chi connectivity index (χ0n) is 10.8.